The second kappa shape index (κ2) is 8.45. The molecule has 1 heterocycles. The van der Waals surface area contributed by atoms with Crippen molar-refractivity contribution in [3.8, 4) is 5.69 Å². The van der Waals surface area contributed by atoms with Crippen LogP contribution in [0.3, 0.4) is 0 Å². The largest absolute Gasteiger partial charge is 0.416 e. The average Bonchev–Trinajstić information content (AvgIpc) is 3.09. The molecule has 1 aromatic heterocycles. The molecule has 0 aliphatic carbocycles. The summed E-state index contributed by atoms with van der Waals surface area (Å²) in [5.41, 5.74) is -1.32. The smallest absolute Gasteiger partial charge is 0.325 e. The van der Waals surface area contributed by atoms with Gasteiger partial charge in [-0.05, 0) is 31.2 Å². The van der Waals surface area contributed by atoms with Crippen LogP contribution in [0.15, 0.2) is 42.5 Å². The van der Waals surface area contributed by atoms with E-state index in [1.807, 2.05) is 0 Å². The zero-order valence-electron chi connectivity index (χ0n) is 16.6. The molecule has 0 atom stereocenters. The van der Waals surface area contributed by atoms with Crippen LogP contribution in [0.5, 0.6) is 0 Å². The minimum Gasteiger partial charge on any atom is -0.325 e. The van der Waals surface area contributed by atoms with Gasteiger partial charge in [-0.2, -0.15) is 13.2 Å². The Balaban J connectivity index is 1.95. The normalized spacial score (nSPS) is 11.2. The van der Waals surface area contributed by atoms with Crippen LogP contribution in [0.25, 0.3) is 5.69 Å². The maximum absolute atomic E-state index is 13.1. The molecule has 0 unspecified atom stereocenters. The molecule has 0 saturated heterocycles. The van der Waals surface area contributed by atoms with Crippen molar-refractivity contribution in [2.45, 2.75) is 20.0 Å². The predicted molar refractivity (Wildman–Crippen MR) is 106 cm³/mol. The number of carbonyl (C=O) groups excluding carboxylic acids is 2. The highest BCUT2D eigenvalue weighted by atomic mass is 19.4. The molecule has 0 spiro atoms. The van der Waals surface area contributed by atoms with E-state index in [2.05, 4.69) is 20.9 Å². The number of rotatable bonds is 5. The van der Waals surface area contributed by atoms with Crippen LogP contribution in [-0.2, 0) is 11.0 Å². The maximum Gasteiger partial charge on any atom is 0.416 e. The summed E-state index contributed by atoms with van der Waals surface area (Å²) in [4.78, 5) is 34.5. The van der Waals surface area contributed by atoms with E-state index in [9.17, 15) is 32.9 Å². The van der Waals surface area contributed by atoms with E-state index in [0.717, 1.165) is 19.1 Å². The summed E-state index contributed by atoms with van der Waals surface area (Å²) in [6.45, 7) is 2.63. The number of anilines is 2. The van der Waals surface area contributed by atoms with Gasteiger partial charge in [0.05, 0.1) is 33.2 Å². The molecule has 2 N–H and O–H groups in total. The summed E-state index contributed by atoms with van der Waals surface area (Å²) < 4.78 is 40.5. The molecule has 166 valence electrons. The Kier molecular flexibility index (Phi) is 5.91. The van der Waals surface area contributed by atoms with Crippen molar-refractivity contribution >= 4 is 28.9 Å². The van der Waals surface area contributed by atoms with Gasteiger partial charge in [-0.25, -0.2) is 4.68 Å². The van der Waals surface area contributed by atoms with Gasteiger partial charge in [-0.1, -0.05) is 11.3 Å². The number of alkyl halides is 3. The average molecular weight is 448 g/mol. The topological polar surface area (TPSA) is 132 Å². The molecule has 32 heavy (non-hydrogen) atoms. The fourth-order valence-electron chi connectivity index (χ4n) is 2.83. The van der Waals surface area contributed by atoms with E-state index in [1.165, 1.54) is 35.9 Å². The summed E-state index contributed by atoms with van der Waals surface area (Å²) >= 11 is 0. The second-order valence-electron chi connectivity index (χ2n) is 6.61. The number of benzene rings is 2. The van der Waals surface area contributed by atoms with Gasteiger partial charge in [0.25, 0.3) is 11.6 Å². The van der Waals surface area contributed by atoms with Gasteiger partial charge < -0.3 is 10.6 Å². The van der Waals surface area contributed by atoms with Crippen LogP contribution in [0.2, 0.25) is 0 Å². The number of amides is 2. The lowest BCUT2D eigenvalue weighted by molar-refractivity contribution is -0.384. The standard InChI is InChI=1S/C19H15F3N6O4/c1-10-17(25-26-27(10)13-4-3-5-14(9-13)28(31)32)18(30)24-16-8-12(19(20,21)22)6-7-15(16)23-11(2)29/h3-9H,1-2H3,(H,23,29)(H,24,30). The first-order chi connectivity index (χ1) is 15.0. The van der Waals surface area contributed by atoms with E-state index in [1.54, 1.807) is 0 Å². The van der Waals surface area contributed by atoms with E-state index < -0.39 is 28.5 Å². The Morgan fingerprint density at radius 3 is 2.44 bits per heavy atom. The summed E-state index contributed by atoms with van der Waals surface area (Å²) in [6.07, 6.45) is -4.67. The van der Waals surface area contributed by atoms with Crippen LogP contribution in [-0.4, -0.2) is 31.7 Å². The van der Waals surface area contributed by atoms with Gasteiger partial charge >= 0.3 is 6.18 Å². The monoisotopic (exact) mass is 448 g/mol. The highest BCUT2D eigenvalue weighted by Gasteiger charge is 2.31. The van der Waals surface area contributed by atoms with Gasteiger partial charge in [0.1, 0.15) is 0 Å². The summed E-state index contributed by atoms with van der Waals surface area (Å²) in [5, 5.41) is 23.2. The number of hydrogen-bond acceptors (Lipinski definition) is 6. The van der Waals surface area contributed by atoms with Crippen molar-refractivity contribution in [2.24, 2.45) is 0 Å². The number of nitro groups is 1. The van der Waals surface area contributed by atoms with Crippen LogP contribution >= 0.6 is 0 Å². The second-order valence-corrected chi connectivity index (χ2v) is 6.61. The minimum atomic E-state index is -4.67. The highest BCUT2D eigenvalue weighted by Crippen LogP contribution is 2.34. The van der Waals surface area contributed by atoms with Crippen LogP contribution < -0.4 is 10.6 Å². The third kappa shape index (κ3) is 4.71. The molecule has 0 bridgehead atoms. The number of carbonyl (C=O) groups is 2. The molecule has 13 heteroatoms. The van der Waals surface area contributed by atoms with E-state index in [4.69, 9.17) is 0 Å². The van der Waals surface area contributed by atoms with Gasteiger partial charge in [0.2, 0.25) is 5.91 Å². The first-order valence-electron chi connectivity index (χ1n) is 8.94. The number of nitro benzene ring substituents is 1. The van der Waals surface area contributed by atoms with Crippen LogP contribution in [0.4, 0.5) is 30.2 Å². The minimum absolute atomic E-state index is 0.0393. The number of nitrogens with one attached hydrogen (secondary N) is 2. The number of non-ortho nitro benzene ring substituents is 1. The summed E-state index contributed by atoms with van der Waals surface area (Å²) in [7, 11) is 0. The van der Waals surface area contributed by atoms with Crippen molar-refractivity contribution in [3.63, 3.8) is 0 Å². The third-order valence-corrected chi connectivity index (χ3v) is 4.30. The van der Waals surface area contributed by atoms with Crippen molar-refractivity contribution in [2.75, 3.05) is 10.6 Å². The molecule has 3 rings (SSSR count). The highest BCUT2D eigenvalue weighted by molar-refractivity contribution is 6.06. The Morgan fingerprint density at radius 1 is 1.09 bits per heavy atom. The van der Waals surface area contributed by atoms with Crippen molar-refractivity contribution < 1.29 is 27.7 Å². The molecular formula is C19H15F3N6O4. The molecule has 0 aliphatic rings. The summed E-state index contributed by atoms with van der Waals surface area (Å²) in [6, 6.07) is 7.92. The van der Waals surface area contributed by atoms with Gasteiger partial charge in [0.15, 0.2) is 5.69 Å². The van der Waals surface area contributed by atoms with Crippen LogP contribution in [0.1, 0.15) is 28.7 Å². The van der Waals surface area contributed by atoms with Gasteiger partial charge in [0, 0.05) is 19.1 Å². The third-order valence-electron chi connectivity index (χ3n) is 4.30. The van der Waals surface area contributed by atoms with Crippen molar-refractivity contribution in [1.29, 1.82) is 0 Å². The van der Waals surface area contributed by atoms with E-state index in [-0.39, 0.29) is 34.1 Å². The van der Waals surface area contributed by atoms with Crippen molar-refractivity contribution in [1.82, 2.24) is 15.0 Å². The fraction of sp³-hybridized carbons (Fsp3) is 0.158. The SMILES string of the molecule is CC(=O)Nc1ccc(C(F)(F)F)cc1NC(=O)c1nnn(-c2cccc([N+](=O)[O-])c2)c1C. The lowest BCUT2D eigenvalue weighted by atomic mass is 10.1. The molecule has 0 aliphatic heterocycles. The molecule has 2 amide bonds. The Bertz CT molecular complexity index is 1220. The van der Waals surface area contributed by atoms with Crippen LogP contribution in [0, 0.1) is 17.0 Å². The van der Waals surface area contributed by atoms with E-state index in [0.29, 0.717) is 6.07 Å². The molecule has 2 aromatic carbocycles. The number of halogens is 3. The molecule has 0 fully saturated rings. The predicted octanol–water partition coefficient (Wildman–Crippen LogP) is 3.71. The zero-order chi connectivity index (χ0) is 23.6. The number of hydrogen-bond donors (Lipinski definition) is 2. The zero-order valence-corrected chi connectivity index (χ0v) is 16.6. The molecule has 0 saturated carbocycles. The molecule has 0 radical (unpaired) electrons. The first-order valence-corrected chi connectivity index (χ1v) is 8.94. The maximum atomic E-state index is 13.1. The first kappa shape index (κ1) is 22.4. The molecular weight excluding hydrogens is 433 g/mol. The van der Waals surface area contributed by atoms with Gasteiger partial charge in [-0.15, -0.1) is 5.10 Å². The Labute approximate surface area is 178 Å². The van der Waals surface area contributed by atoms with Crippen molar-refractivity contribution in [3.05, 3.63) is 69.5 Å². The summed E-state index contributed by atoms with van der Waals surface area (Å²) in [5.74, 6) is -1.43. The fourth-order valence-corrected chi connectivity index (χ4v) is 2.83. The van der Waals surface area contributed by atoms with E-state index >= 15 is 0 Å². The molecule has 3 aromatic rings. The molecule has 10 nitrogen and oxygen atoms in total. The number of nitrogens with zero attached hydrogens (tertiary/aromatic N) is 4. The van der Waals surface area contributed by atoms with Gasteiger partial charge in [-0.3, -0.25) is 19.7 Å². The Morgan fingerprint density at radius 2 is 1.81 bits per heavy atom. The lowest BCUT2D eigenvalue weighted by Gasteiger charge is -2.14. The Hall–Kier alpha value is -4.29. The number of aromatic nitrogens is 3. The quantitative estimate of drug-likeness (QED) is 0.452. The lowest BCUT2D eigenvalue weighted by Crippen LogP contribution is -2.18.